The van der Waals surface area contributed by atoms with Crippen molar-refractivity contribution in [1.29, 1.82) is 0 Å². The fourth-order valence-corrected chi connectivity index (χ4v) is 3.72. The fraction of sp³-hybridized carbons (Fsp3) is 0.273. The van der Waals surface area contributed by atoms with Crippen molar-refractivity contribution in [3.63, 3.8) is 0 Å². The molecular formula is C22H26N4OS. The Hall–Kier alpha value is -2.73. The quantitative estimate of drug-likeness (QED) is 0.575. The molecule has 0 saturated carbocycles. The number of rotatable bonds is 7. The first kappa shape index (κ1) is 20.0. The van der Waals surface area contributed by atoms with E-state index in [0.717, 1.165) is 22.0 Å². The van der Waals surface area contributed by atoms with Crippen LogP contribution in [0.15, 0.2) is 65.6 Å². The molecule has 5 nitrogen and oxygen atoms in total. The molecule has 0 bridgehead atoms. The summed E-state index contributed by atoms with van der Waals surface area (Å²) in [6.45, 7) is 8.05. The van der Waals surface area contributed by atoms with Crippen LogP contribution in [0.25, 0.3) is 11.4 Å². The Balaban J connectivity index is 1.95. The van der Waals surface area contributed by atoms with E-state index in [2.05, 4.69) is 34.4 Å². The molecule has 2 N–H and O–H groups in total. The van der Waals surface area contributed by atoms with Gasteiger partial charge in [0, 0.05) is 33.5 Å². The van der Waals surface area contributed by atoms with Gasteiger partial charge in [0.05, 0.1) is 10.8 Å². The van der Waals surface area contributed by atoms with Crippen molar-refractivity contribution in [2.24, 2.45) is 0 Å². The minimum Gasteiger partial charge on any atom is -0.368 e. The van der Waals surface area contributed by atoms with Gasteiger partial charge in [-0.3, -0.25) is 4.21 Å². The average molecular weight is 395 g/mol. The third-order valence-electron chi connectivity index (χ3n) is 3.96. The van der Waals surface area contributed by atoms with Crippen molar-refractivity contribution in [3.8, 4) is 11.4 Å². The molecule has 0 radical (unpaired) electrons. The van der Waals surface area contributed by atoms with Gasteiger partial charge in [-0.2, -0.15) is 0 Å². The fourth-order valence-electron chi connectivity index (χ4n) is 2.72. The Morgan fingerprint density at radius 2 is 1.57 bits per heavy atom. The summed E-state index contributed by atoms with van der Waals surface area (Å²) < 4.78 is 12.4. The van der Waals surface area contributed by atoms with E-state index >= 15 is 0 Å². The van der Waals surface area contributed by atoms with Crippen molar-refractivity contribution >= 4 is 28.1 Å². The van der Waals surface area contributed by atoms with Gasteiger partial charge < -0.3 is 10.6 Å². The minimum atomic E-state index is -1.03. The highest BCUT2D eigenvalue weighted by Crippen LogP contribution is 2.24. The average Bonchev–Trinajstić information content (AvgIpc) is 2.67. The van der Waals surface area contributed by atoms with Crippen LogP contribution in [-0.2, 0) is 10.8 Å². The molecule has 1 unspecified atom stereocenters. The van der Waals surface area contributed by atoms with Crippen LogP contribution in [0.1, 0.15) is 27.7 Å². The number of anilines is 3. The molecule has 1 heterocycles. The molecule has 0 fully saturated rings. The van der Waals surface area contributed by atoms with Crippen molar-refractivity contribution in [2.75, 3.05) is 10.6 Å². The van der Waals surface area contributed by atoms with Crippen molar-refractivity contribution in [3.05, 3.63) is 60.7 Å². The number of nitrogens with one attached hydrogen (secondary N) is 2. The lowest BCUT2D eigenvalue weighted by Crippen LogP contribution is -2.12. The molecule has 0 spiro atoms. The highest BCUT2D eigenvalue weighted by Gasteiger charge is 2.11. The second kappa shape index (κ2) is 8.97. The Labute approximate surface area is 169 Å². The third kappa shape index (κ3) is 5.16. The molecule has 0 saturated heterocycles. The molecule has 2 aromatic carbocycles. The largest absolute Gasteiger partial charge is 0.368 e. The minimum absolute atomic E-state index is 0.0702. The molecule has 28 heavy (non-hydrogen) atoms. The zero-order valence-electron chi connectivity index (χ0n) is 16.6. The maximum atomic E-state index is 12.4. The maximum Gasteiger partial charge on any atom is 0.163 e. The SMILES string of the molecule is CC(C)Nc1cc(Nc2cccc(S(=O)C(C)C)c2)nc(-c2ccccc2)n1. The van der Waals surface area contributed by atoms with Crippen molar-refractivity contribution < 1.29 is 4.21 Å². The standard InChI is InChI=1S/C22H26N4OS/c1-15(2)23-20-14-21(26-22(25-20)17-9-6-5-7-10-17)24-18-11-8-12-19(13-18)28(27)16(3)4/h5-16H,1-4H3,(H2,23,24,25,26). The first-order valence-corrected chi connectivity index (χ1v) is 10.6. The van der Waals surface area contributed by atoms with Gasteiger partial charge in [0.25, 0.3) is 0 Å². The second-order valence-corrected chi connectivity index (χ2v) is 9.14. The third-order valence-corrected chi connectivity index (χ3v) is 5.54. The van der Waals surface area contributed by atoms with Gasteiger partial charge in [0.2, 0.25) is 0 Å². The molecule has 1 aromatic heterocycles. The van der Waals surface area contributed by atoms with Crippen LogP contribution < -0.4 is 10.6 Å². The number of hydrogen-bond donors (Lipinski definition) is 2. The van der Waals surface area contributed by atoms with E-state index in [9.17, 15) is 4.21 Å². The lowest BCUT2D eigenvalue weighted by Gasteiger charge is -2.14. The van der Waals surface area contributed by atoms with E-state index in [0.29, 0.717) is 11.6 Å². The molecule has 1 atom stereocenters. The van der Waals surface area contributed by atoms with Gasteiger partial charge in [-0.05, 0) is 32.0 Å². The summed E-state index contributed by atoms with van der Waals surface area (Å²) >= 11 is 0. The molecular weight excluding hydrogens is 368 g/mol. The van der Waals surface area contributed by atoms with E-state index in [1.807, 2.05) is 74.5 Å². The number of nitrogens with zero attached hydrogens (tertiary/aromatic N) is 2. The zero-order chi connectivity index (χ0) is 20.1. The first-order chi connectivity index (χ1) is 13.4. The van der Waals surface area contributed by atoms with Crippen LogP contribution in [0.4, 0.5) is 17.3 Å². The van der Waals surface area contributed by atoms with Crippen LogP contribution in [0.3, 0.4) is 0 Å². The summed E-state index contributed by atoms with van der Waals surface area (Å²) in [4.78, 5) is 10.1. The Kier molecular flexibility index (Phi) is 6.41. The highest BCUT2D eigenvalue weighted by molar-refractivity contribution is 7.85. The molecule has 6 heteroatoms. The van der Waals surface area contributed by atoms with E-state index in [-0.39, 0.29) is 11.3 Å². The predicted molar refractivity (Wildman–Crippen MR) is 117 cm³/mol. The monoisotopic (exact) mass is 394 g/mol. The highest BCUT2D eigenvalue weighted by atomic mass is 32.2. The van der Waals surface area contributed by atoms with Crippen LogP contribution in [0.2, 0.25) is 0 Å². The molecule has 0 aliphatic rings. The van der Waals surface area contributed by atoms with Gasteiger partial charge >= 0.3 is 0 Å². The summed E-state index contributed by atoms with van der Waals surface area (Å²) in [6, 6.07) is 19.7. The maximum absolute atomic E-state index is 12.4. The van der Waals surface area contributed by atoms with Crippen LogP contribution >= 0.6 is 0 Å². The molecule has 3 aromatic rings. The molecule has 146 valence electrons. The second-order valence-electron chi connectivity index (χ2n) is 7.13. The molecule has 0 amide bonds. The smallest absolute Gasteiger partial charge is 0.163 e. The van der Waals surface area contributed by atoms with Crippen molar-refractivity contribution in [2.45, 2.75) is 43.9 Å². The van der Waals surface area contributed by atoms with E-state index in [1.54, 1.807) is 0 Å². The Morgan fingerprint density at radius 3 is 2.25 bits per heavy atom. The van der Waals surface area contributed by atoms with Crippen LogP contribution in [-0.4, -0.2) is 25.5 Å². The van der Waals surface area contributed by atoms with E-state index < -0.39 is 10.8 Å². The van der Waals surface area contributed by atoms with Gasteiger partial charge in [-0.25, -0.2) is 9.97 Å². The van der Waals surface area contributed by atoms with Gasteiger partial charge in [-0.1, -0.05) is 50.2 Å². The molecule has 0 aliphatic heterocycles. The Bertz CT molecular complexity index is 958. The summed E-state index contributed by atoms with van der Waals surface area (Å²) in [5.74, 6) is 2.09. The summed E-state index contributed by atoms with van der Waals surface area (Å²) in [7, 11) is -1.03. The number of hydrogen-bond acceptors (Lipinski definition) is 5. The normalized spacial score (nSPS) is 12.2. The summed E-state index contributed by atoms with van der Waals surface area (Å²) in [5, 5.41) is 6.75. The van der Waals surface area contributed by atoms with E-state index in [1.165, 1.54) is 0 Å². The first-order valence-electron chi connectivity index (χ1n) is 9.41. The number of aromatic nitrogens is 2. The zero-order valence-corrected chi connectivity index (χ0v) is 17.5. The van der Waals surface area contributed by atoms with Crippen LogP contribution in [0.5, 0.6) is 0 Å². The van der Waals surface area contributed by atoms with Gasteiger partial charge in [0.15, 0.2) is 5.82 Å². The lowest BCUT2D eigenvalue weighted by atomic mass is 10.2. The van der Waals surface area contributed by atoms with Gasteiger partial charge in [0.1, 0.15) is 11.6 Å². The Morgan fingerprint density at radius 1 is 0.857 bits per heavy atom. The summed E-state index contributed by atoms with van der Waals surface area (Å²) in [5.41, 5.74) is 1.80. The molecule has 3 rings (SSSR count). The van der Waals surface area contributed by atoms with Crippen molar-refractivity contribution in [1.82, 2.24) is 9.97 Å². The predicted octanol–water partition coefficient (Wildman–Crippen LogP) is 5.22. The van der Waals surface area contributed by atoms with Crippen LogP contribution in [0, 0.1) is 0 Å². The number of benzene rings is 2. The molecule has 0 aliphatic carbocycles. The topological polar surface area (TPSA) is 66.9 Å². The van der Waals surface area contributed by atoms with Gasteiger partial charge in [-0.15, -0.1) is 0 Å². The lowest BCUT2D eigenvalue weighted by molar-refractivity contribution is 0.677. The van der Waals surface area contributed by atoms with E-state index in [4.69, 9.17) is 0 Å². The summed E-state index contributed by atoms with van der Waals surface area (Å²) in [6.07, 6.45) is 0.